The Balaban J connectivity index is 1.76. The molecule has 105 valence electrons. The molecule has 5 heteroatoms. The number of rotatable bonds is 8. The Bertz CT molecular complexity index is 576. The molecule has 0 saturated heterocycles. The van der Waals surface area contributed by atoms with Crippen LogP contribution in [-0.4, -0.2) is 30.5 Å². The summed E-state index contributed by atoms with van der Waals surface area (Å²) >= 11 is 4.94. The third-order valence-corrected chi connectivity index (χ3v) is 5.48. The number of aromatic nitrogens is 1. The number of carbonyl (C=O) groups excluding carboxylic acids is 2. The Morgan fingerprint density at radius 1 is 1.15 bits per heavy atom. The third-order valence-electron chi connectivity index (χ3n) is 3.05. The van der Waals surface area contributed by atoms with Gasteiger partial charge in [-0.3, -0.25) is 0 Å². The first-order chi connectivity index (χ1) is 9.66. The molecule has 20 heavy (non-hydrogen) atoms. The van der Waals surface area contributed by atoms with E-state index in [-0.39, 0.29) is 25.6 Å². The first kappa shape index (κ1) is 15.3. The van der Waals surface area contributed by atoms with Gasteiger partial charge in [-0.15, -0.1) is 0 Å². The minimum atomic E-state index is -0.325. The molecule has 1 radical (unpaired) electrons. The van der Waals surface area contributed by atoms with Crippen molar-refractivity contribution in [1.29, 1.82) is 0 Å². The van der Waals surface area contributed by atoms with Gasteiger partial charge in [0.1, 0.15) is 0 Å². The summed E-state index contributed by atoms with van der Waals surface area (Å²) in [5, 5.41) is 1.76. The van der Waals surface area contributed by atoms with Crippen LogP contribution < -0.4 is 0 Å². The van der Waals surface area contributed by atoms with Crippen LogP contribution in [0.3, 0.4) is 0 Å². The number of benzene rings is 1. The molecule has 2 aromatic rings. The number of carbonyl (C=O) groups is 2. The minimum absolute atomic E-state index is 0.242. The van der Waals surface area contributed by atoms with E-state index < -0.39 is 0 Å². The SMILES string of the molecule is O=C(Cl)CCCCC[As]C(=O)c1cc2ccccc2[nH]1. The average Bonchev–Trinajstić information content (AvgIpc) is 2.86. The van der Waals surface area contributed by atoms with Gasteiger partial charge in [-0.2, -0.15) is 0 Å². The first-order valence-corrected chi connectivity index (χ1v) is 9.29. The van der Waals surface area contributed by atoms with Gasteiger partial charge in [-0.05, 0) is 0 Å². The van der Waals surface area contributed by atoms with Gasteiger partial charge in [0.15, 0.2) is 0 Å². The number of hydrogen-bond donors (Lipinski definition) is 1. The zero-order chi connectivity index (χ0) is 14.4. The number of unbranched alkanes of at least 4 members (excludes halogenated alkanes) is 2. The van der Waals surface area contributed by atoms with Crippen molar-refractivity contribution < 1.29 is 9.59 Å². The molecule has 3 nitrogen and oxygen atoms in total. The number of fused-ring (bicyclic) bond motifs is 1. The summed E-state index contributed by atoms with van der Waals surface area (Å²) < 4.78 is 0.242. The molecular formula is C15H16AsClNO2. The Hall–Kier alpha value is -1.05. The Morgan fingerprint density at radius 2 is 1.95 bits per heavy atom. The van der Waals surface area contributed by atoms with Gasteiger partial charge in [0.25, 0.3) is 0 Å². The number of para-hydroxylation sites is 1. The van der Waals surface area contributed by atoms with Crippen LogP contribution in [0.25, 0.3) is 10.9 Å². The second-order valence-electron chi connectivity index (χ2n) is 4.62. The van der Waals surface area contributed by atoms with Crippen molar-refractivity contribution in [1.82, 2.24) is 4.98 Å². The van der Waals surface area contributed by atoms with Crippen molar-refractivity contribution in [3.05, 3.63) is 36.0 Å². The molecule has 0 atom stereocenters. The molecule has 1 heterocycles. The van der Waals surface area contributed by atoms with Gasteiger partial charge >= 0.3 is 130 Å². The van der Waals surface area contributed by atoms with E-state index in [1.165, 1.54) is 0 Å². The molecular weight excluding hydrogens is 337 g/mol. The van der Waals surface area contributed by atoms with Crippen LogP contribution in [0.15, 0.2) is 30.3 Å². The zero-order valence-corrected chi connectivity index (χ0v) is 13.7. The van der Waals surface area contributed by atoms with Crippen molar-refractivity contribution in [2.24, 2.45) is 0 Å². The van der Waals surface area contributed by atoms with Crippen molar-refractivity contribution in [2.45, 2.75) is 30.9 Å². The quantitative estimate of drug-likeness (QED) is 0.447. The summed E-state index contributed by atoms with van der Waals surface area (Å²) in [6, 6.07) is 9.84. The summed E-state index contributed by atoms with van der Waals surface area (Å²) in [6.45, 7) is 0. The van der Waals surface area contributed by atoms with E-state index in [4.69, 9.17) is 11.6 Å². The fourth-order valence-corrected chi connectivity index (χ4v) is 3.98. The van der Waals surface area contributed by atoms with Crippen LogP contribution in [0.4, 0.5) is 0 Å². The van der Waals surface area contributed by atoms with Crippen LogP contribution in [0, 0.1) is 0 Å². The molecule has 0 amide bonds. The van der Waals surface area contributed by atoms with E-state index in [1.807, 2.05) is 30.3 Å². The number of nitrogens with one attached hydrogen (secondary N) is 1. The fraction of sp³-hybridized carbons (Fsp3) is 0.333. The standard InChI is InChI=1S/C15H16AsClNO2/c17-14(19)8-2-1-5-9-16-15(20)13-10-11-6-3-4-7-12(11)18-13/h3-4,6-7,10,18H,1-2,5,8-9H2. The Labute approximate surface area is 129 Å². The van der Waals surface area contributed by atoms with Crippen LogP contribution >= 0.6 is 11.6 Å². The summed E-state index contributed by atoms with van der Waals surface area (Å²) in [6.07, 6.45) is 3.22. The van der Waals surface area contributed by atoms with Crippen LogP contribution in [0.2, 0.25) is 5.21 Å². The fourth-order valence-electron chi connectivity index (χ4n) is 2.01. The molecule has 1 aromatic heterocycles. The molecule has 0 fully saturated rings. The monoisotopic (exact) mass is 352 g/mol. The van der Waals surface area contributed by atoms with E-state index in [0.717, 1.165) is 41.1 Å². The van der Waals surface area contributed by atoms with Gasteiger partial charge in [0.05, 0.1) is 0 Å². The van der Waals surface area contributed by atoms with E-state index in [1.54, 1.807) is 0 Å². The summed E-state index contributed by atoms with van der Waals surface area (Å²) in [4.78, 5) is 25.8. The maximum absolute atomic E-state index is 12.1. The van der Waals surface area contributed by atoms with Gasteiger partial charge in [-0.25, -0.2) is 0 Å². The molecule has 0 aliphatic carbocycles. The molecule has 0 spiro atoms. The van der Waals surface area contributed by atoms with Crippen molar-refractivity contribution >= 4 is 48.1 Å². The summed E-state index contributed by atoms with van der Waals surface area (Å²) in [7, 11) is 0. The Morgan fingerprint density at radius 3 is 2.70 bits per heavy atom. The molecule has 1 aromatic carbocycles. The number of hydrogen-bond acceptors (Lipinski definition) is 2. The number of H-pyrrole nitrogens is 1. The van der Waals surface area contributed by atoms with Crippen LogP contribution in [0.5, 0.6) is 0 Å². The van der Waals surface area contributed by atoms with Gasteiger partial charge in [-0.1, -0.05) is 0 Å². The first-order valence-electron chi connectivity index (χ1n) is 6.65. The summed E-state index contributed by atoms with van der Waals surface area (Å²) in [5.74, 6) is 0. The maximum atomic E-state index is 12.1. The van der Waals surface area contributed by atoms with Crippen molar-refractivity contribution in [3.63, 3.8) is 0 Å². The molecule has 1 N–H and O–H groups in total. The molecule has 0 saturated carbocycles. The molecule has 0 unspecified atom stereocenters. The average molecular weight is 353 g/mol. The molecule has 0 aliphatic heterocycles. The van der Waals surface area contributed by atoms with E-state index in [2.05, 4.69) is 4.98 Å². The number of aromatic amines is 1. The van der Waals surface area contributed by atoms with Crippen molar-refractivity contribution in [2.75, 3.05) is 0 Å². The second-order valence-corrected chi connectivity index (χ2v) is 7.50. The molecule has 2 rings (SSSR count). The van der Waals surface area contributed by atoms with Crippen LogP contribution in [0.1, 0.15) is 36.2 Å². The molecule has 0 bridgehead atoms. The van der Waals surface area contributed by atoms with Gasteiger partial charge < -0.3 is 0 Å². The van der Waals surface area contributed by atoms with Crippen molar-refractivity contribution in [3.8, 4) is 0 Å². The van der Waals surface area contributed by atoms with E-state index in [0.29, 0.717) is 6.42 Å². The zero-order valence-electron chi connectivity index (χ0n) is 11.1. The Kier molecular flexibility index (Phi) is 5.87. The normalized spacial score (nSPS) is 11.4. The summed E-state index contributed by atoms with van der Waals surface area (Å²) in [5.41, 5.74) is 1.74. The second kappa shape index (κ2) is 7.66. The van der Waals surface area contributed by atoms with Crippen LogP contribution in [-0.2, 0) is 4.79 Å². The topological polar surface area (TPSA) is 49.9 Å². The predicted octanol–water partition coefficient (Wildman–Crippen LogP) is 3.76. The van der Waals surface area contributed by atoms with E-state index in [9.17, 15) is 9.59 Å². The van der Waals surface area contributed by atoms with Gasteiger partial charge in [0, 0.05) is 0 Å². The third kappa shape index (κ3) is 4.50. The van der Waals surface area contributed by atoms with E-state index >= 15 is 0 Å². The number of halogens is 1. The molecule has 0 aliphatic rings. The predicted molar refractivity (Wildman–Crippen MR) is 82.5 cm³/mol. The van der Waals surface area contributed by atoms with Gasteiger partial charge in [0.2, 0.25) is 0 Å².